The summed E-state index contributed by atoms with van der Waals surface area (Å²) in [5.41, 5.74) is 3.25. The van der Waals surface area contributed by atoms with Gasteiger partial charge in [0, 0.05) is 28.9 Å². The molecule has 11 heteroatoms. The van der Waals surface area contributed by atoms with E-state index in [1.165, 1.54) is 26.4 Å². The highest BCUT2D eigenvalue weighted by atomic mass is 19.4. The first-order valence-electron chi connectivity index (χ1n) is 13.5. The maximum atomic E-state index is 13.5. The van der Waals surface area contributed by atoms with E-state index in [1.807, 2.05) is 6.92 Å². The number of aromatic carboxylic acids is 1. The summed E-state index contributed by atoms with van der Waals surface area (Å²) in [5, 5.41) is 12.8. The Kier molecular flexibility index (Phi) is 10.2. The number of halogens is 3. The molecule has 43 heavy (non-hydrogen) atoms. The van der Waals surface area contributed by atoms with Gasteiger partial charge >= 0.3 is 18.1 Å². The van der Waals surface area contributed by atoms with Crippen LogP contribution in [0.4, 0.5) is 18.9 Å². The maximum Gasteiger partial charge on any atom is 0.416 e. The second kappa shape index (κ2) is 13.3. The van der Waals surface area contributed by atoms with Gasteiger partial charge in [0.15, 0.2) is 11.5 Å². The van der Waals surface area contributed by atoms with Crippen molar-refractivity contribution in [2.75, 3.05) is 32.7 Å². The van der Waals surface area contributed by atoms with E-state index in [-0.39, 0.29) is 22.6 Å². The van der Waals surface area contributed by atoms with Crippen LogP contribution in [-0.2, 0) is 6.18 Å². The summed E-state index contributed by atoms with van der Waals surface area (Å²) in [7, 11) is 2.81. The summed E-state index contributed by atoms with van der Waals surface area (Å²) in [5.74, 6) is -0.645. The van der Waals surface area contributed by atoms with Crippen molar-refractivity contribution in [1.82, 2.24) is 0 Å². The minimum absolute atomic E-state index is 0.00874. The Balaban J connectivity index is 1.79. The van der Waals surface area contributed by atoms with E-state index in [4.69, 9.17) is 18.9 Å². The number of hydrogen-bond donors (Lipinski definition) is 2. The van der Waals surface area contributed by atoms with Crippen molar-refractivity contribution in [2.24, 2.45) is 0 Å². The number of nitrogens with one attached hydrogen (secondary N) is 1. The van der Waals surface area contributed by atoms with Crippen LogP contribution in [0.1, 0.15) is 66.1 Å². The van der Waals surface area contributed by atoms with Crippen LogP contribution in [0.2, 0.25) is 0 Å². The molecule has 0 amide bonds. The van der Waals surface area contributed by atoms with Crippen molar-refractivity contribution >= 4 is 17.6 Å². The van der Waals surface area contributed by atoms with Gasteiger partial charge in [0.1, 0.15) is 17.1 Å². The fraction of sp³-hybridized carbons (Fsp3) is 0.375. The van der Waals surface area contributed by atoms with Gasteiger partial charge in [-0.1, -0.05) is 0 Å². The molecule has 2 N–H and O–H groups in total. The lowest BCUT2D eigenvalue weighted by atomic mass is 9.92. The molecule has 0 atom stereocenters. The third-order valence-electron chi connectivity index (χ3n) is 7.52. The predicted molar refractivity (Wildman–Crippen MR) is 156 cm³/mol. The van der Waals surface area contributed by atoms with Crippen molar-refractivity contribution < 1.29 is 46.8 Å². The molecule has 3 rings (SSSR count). The van der Waals surface area contributed by atoms with Gasteiger partial charge in [-0.2, -0.15) is 13.2 Å². The largest absolute Gasteiger partial charge is 0.496 e. The van der Waals surface area contributed by atoms with Crippen molar-refractivity contribution in [3.63, 3.8) is 0 Å². The number of alkyl halides is 3. The zero-order chi connectivity index (χ0) is 32.2. The highest BCUT2D eigenvalue weighted by Crippen LogP contribution is 2.44. The smallest absolute Gasteiger partial charge is 0.416 e. The Labute approximate surface area is 248 Å². The molecule has 0 radical (unpaired) electrons. The Morgan fingerprint density at radius 3 is 1.84 bits per heavy atom. The fourth-order valence-corrected chi connectivity index (χ4v) is 5.00. The lowest BCUT2D eigenvalue weighted by Crippen LogP contribution is -2.18. The number of benzene rings is 3. The Bertz CT molecular complexity index is 1530. The first-order chi connectivity index (χ1) is 20.1. The molecule has 0 aliphatic rings. The summed E-state index contributed by atoms with van der Waals surface area (Å²) in [6.45, 7) is 11.1. The van der Waals surface area contributed by atoms with Crippen molar-refractivity contribution in [3.05, 3.63) is 74.3 Å². The minimum atomic E-state index is -4.38. The zero-order valence-electron chi connectivity index (χ0n) is 25.5. The Morgan fingerprint density at radius 1 is 0.744 bits per heavy atom. The molecule has 0 saturated carbocycles. The standard InChI is InChI=1S/C32H36F3NO7/c1-16-17(2)25(30(37)38)27(40-7)20(5)24(16)31(39)43-29-19(4)18(3)26(21(6)28(29)41-8)42-15-9-14-36-23-12-10-22(11-13-23)32(33,34)35/h10-13,36H,9,14-15H2,1-8H3,(H,37,38). The van der Waals surface area contributed by atoms with E-state index in [0.29, 0.717) is 64.6 Å². The number of rotatable bonds is 11. The number of esters is 1. The second-order valence-electron chi connectivity index (χ2n) is 10.1. The van der Waals surface area contributed by atoms with Crippen LogP contribution in [0, 0.1) is 41.5 Å². The highest BCUT2D eigenvalue weighted by molar-refractivity contribution is 6.01. The molecule has 232 valence electrons. The van der Waals surface area contributed by atoms with Gasteiger partial charge in [0.2, 0.25) is 0 Å². The van der Waals surface area contributed by atoms with E-state index in [0.717, 1.165) is 17.7 Å². The Morgan fingerprint density at radius 2 is 1.30 bits per heavy atom. The SMILES string of the molecule is COc1c(C)c(OCCCNc2ccc(C(F)(F)F)cc2)c(C)c(C)c1OC(=O)c1c(C)c(C)c(C(=O)O)c(OC)c1C. The van der Waals surface area contributed by atoms with Gasteiger partial charge in [-0.3, -0.25) is 0 Å². The number of carbonyl (C=O) groups excluding carboxylic acids is 1. The summed E-state index contributed by atoms with van der Waals surface area (Å²) in [4.78, 5) is 25.4. The van der Waals surface area contributed by atoms with Gasteiger partial charge < -0.3 is 29.4 Å². The molecular formula is C32H36F3NO7. The normalized spacial score (nSPS) is 11.2. The molecule has 3 aromatic rings. The van der Waals surface area contributed by atoms with Gasteiger partial charge in [0.25, 0.3) is 0 Å². The third kappa shape index (κ3) is 6.81. The van der Waals surface area contributed by atoms with Crippen LogP contribution in [0.5, 0.6) is 23.0 Å². The molecule has 0 aromatic heterocycles. The molecule has 0 fully saturated rings. The van der Waals surface area contributed by atoms with Crippen molar-refractivity contribution in [2.45, 2.75) is 54.1 Å². The summed E-state index contributed by atoms with van der Waals surface area (Å²) in [6, 6.07) is 4.82. The highest BCUT2D eigenvalue weighted by Gasteiger charge is 2.30. The van der Waals surface area contributed by atoms with Crippen LogP contribution in [-0.4, -0.2) is 44.4 Å². The number of anilines is 1. The maximum absolute atomic E-state index is 13.5. The third-order valence-corrected chi connectivity index (χ3v) is 7.52. The van der Waals surface area contributed by atoms with E-state index in [2.05, 4.69) is 5.32 Å². The average molecular weight is 604 g/mol. The molecule has 0 heterocycles. The molecular weight excluding hydrogens is 567 g/mol. The zero-order valence-corrected chi connectivity index (χ0v) is 25.5. The van der Waals surface area contributed by atoms with E-state index in [1.54, 1.807) is 34.6 Å². The molecule has 3 aromatic carbocycles. The minimum Gasteiger partial charge on any atom is -0.496 e. The molecule has 0 unspecified atom stereocenters. The molecule has 0 aliphatic carbocycles. The summed E-state index contributed by atoms with van der Waals surface area (Å²) >= 11 is 0. The molecule has 0 spiro atoms. The van der Waals surface area contributed by atoms with Crippen LogP contribution >= 0.6 is 0 Å². The van der Waals surface area contributed by atoms with Gasteiger partial charge in [0.05, 0.1) is 32.0 Å². The van der Waals surface area contributed by atoms with E-state index in [9.17, 15) is 27.9 Å². The van der Waals surface area contributed by atoms with Gasteiger partial charge in [-0.05, 0) is 88.9 Å². The number of carboxylic acid groups (broad SMARTS) is 1. The lowest BCUT2D eigenvalue weighted by molar-refractivity contribution is -0.137. The average Bonchev–Trinajstić information content (AvgIpc) is 2.94. The van der Waals surface area contributed by atoms with Gasteiger partial charge in [-0.15, -0.1) is 0 Å². The van der Waals surface area contributed by atoms with Crippen molar-refractivity contribution in [1.29, 1.82) is 0 Å². The summed E-state index contributed by atoms with van der Waals surface area (Å²) < 4.78 is 61.3. The number of carboxylic acids is 1. The topological polar surface area (TPSA) is 103 Å². The van der Waals surface area contributed by atoms with Crippen LogP contribution in [0.15, 0.2) is 24.3 Å². The quantitative estimate of drug-likeness (QED) is 0.133. The first-order valence-corrected chi connectivity index (χ1v) is 13.5. The molecule has 0 saturated heterocycles. The Hall–Kier alpha value is -4.41. The number of ether oxygens (including phenoxy) is 4. The molecule has 0 bridgehead atoms. The number of methoxy groups -OCH3 is 2. The van der Waals surface area contributed by atoms with E-state index < -0.39 is 23.7 Å². The van der Waals surface area contributed by atoms with Crippen LogP contribution in [0.25, 0.3) is 0 Å². The lowest BCUT2D eigenvalue weighted by Gasteiger charge is -2.22. The second-order valence-corrected chi connectivity index (χ2v) is 10.1. The van der Waals surface area contributed by atoms with E-state index >= 15 is 0 Å². The van der Waals surface area contributed by atoms with Crippen molar-refractivity contribution in [3.8, 4) is 23.0 Å². The van der Waals surface area contributed by atoms with Crippen LogP contribution in [0.3, 0.4) is 0 Å². The number of hydrogen-bond acceptors (Lipinski definition) is 7. The van der Waals surface area contributed by atoms with Gasteiger partial charge in [-0.25, -0.2) is 9.59 Å². The fourth-order valence-electron chi connectivity index (χ4n) is 5.00. The monoisotopic (exact) mass is 603 g/mol. The predicted octanol–water partition coefficient (Wildman–Crippen LogP) is 7.37. The van der Waals surface area contributed by atoms with Crippen LogP contribution < -0.4 is 24.3 Å². The molecule has 0 aliphatic heterocycles. The molecule has 8 nitrogen and oxygen atoms in total. The first kappa shape index (κ1) is 33.1. The number of carbonyl (C=O) groups is 2. The summed E-state index contributed by atoms with van der Waals surface area (Å²) in [6.07, 6.45) is -3.82.